The quantitative estimate of drug-likeness (QED) is 0.508. The van der Waals surface area contributed by atoms with Gasteiger partial charge in [-0.25, -0.2) is 0 Å². The summed E-state index contributed by atoms with van der Waals surface area (Å²) in [5.74, 6) is 0.119. The van der Waals surface area contributed by atoms with Crippen molar-refractivity contribution in [1.29, 1.82) is 0 Å². The van der Waals surface area contributed by atoms with Crippen LogP contribution in [0.15, 0.2) is 18.2 Å². The van der Waals surface area contributed by atoms with E-state index in [-0.39, 0.29) is 5.91 Å². The van der Waals surface area contributed by atoms with Crippen LogP contribution in [0, 0.1) is 0 Å². The van der Waals surface area contributed by atoms with Crippen molar-refractivity contribution in [3.05, 3.63) is 23.8 Å². The fourth-order valence-corrected chi connectivity index (χ4v) is 2.73. The molecule has 0 unspecified atom stereocenters. The molecule has 0 bridgehead atoms. The maximum Gasteiger partial charge on any atom is 0.254 e. The number of hydrogen-bond donors (Lipinski definition) is 1. The Hall–Kier alpha value is -1.24. The summed E-state index contributed by atoms with van der Waals surface area (Å²) in [7, 11) is 1.64. The largest absolute Gasteiger partial charge is 0.336 e. The van der Waals surface area contributed by atoms with Gasteiger partial charge < -0.3 is 10.2 Å². The van der Waals surface area contributed by atoms with Crippen molar-refractivity contribution in [3.63, 3.8) is 0 Å². The third kappa shape index (κ3) is 2.07. The van der Waals surface area contributed by atoms with E-state index in [1.807, 2.05) is 27.4 Å². The lowest BCUT2D eigenvalue weighted by Gasteiger charge is -2.27. The molecule has 3 rings (SSSR count). The lowest BCUT2D eigenvalue weighted by molar-refractivity contribution is 0.0736. The number of carbonyl (C=O) groups excluding carboxylic acids is 1. The molecule has 0 radical (unpaired) electrons. The van der Waals surface area contributed by atoms with Gasteiger partial charge in [-0.2, -0.15) is 0 Å². The van der Waals surface area contributed by atoms with E-state index in [1.54, 1.807) is 7.11 Å². The monoisotopic (exact) mass is 265 g/mol. The van der Waals surface area contributed by atoms with Gasteiger partial charge in [0.1, 0.15) is 12.2 Å². The molecule has 1 aromatic carbocycles. The Morgan fingerprint density at radius 3 is 2.83 bits per heavy atom. The van der Waals surface area contributed by atoms with Crippen molar-refractivity contribution in [1.82, 2.24) is 10.2 Å². The summed E-state index contributed by atoms with van der Waals surface area (Å²) in [4.78, 5) is 14.2. The predicted molar refractivity (Wildman–Crippen MR) is 72.0 cm³/mol. The Bertz CT molecular complexity index is 474. The Morgan fingerprint density at radius 1 is 1.33 bits per heavy atom. The highest BCUT2D eigenvalue weighted by atomic mass is 32.2. The number of piperazine rings is 1. The van der Waals surface area contributed by atoms with Gasteiger partial charge in [0.2, 0.25) is 0 Å². The van der Waals surface area contributed by atoms with Crippen LogP contribution in [0.5, 0.6) is 0 Å². The van der Waals surface area contributed by atoms with Crippen LogP contribution in [-0.2, 0) is 4.18 Å². The van der Waals surface area contributed by atoms with E-state index >= 15 is 0 Å². The molecule has 1 fully saturated rings. The van der Waals surface area contributed by atoms with Crippen molar-refractivity contribution < 1.29 is 8.98 Å². The molecule has 6 heteroatoms. The van der Waals surface area contributed by atoms with E-state index in [9.17, 15) is 4.79 Å². The normalized spacial score (nSPS) is 17.6. The maximum atomic E-state index is 12.3. The first kappa shape index (κ1) is 11.8. The zero-order chi connectivity index (χ0) is 12.5. The lowest BCUT2D eigenvalue weighted by Crippen LogP contribution is -2.46. The second kappa shape index (κ2) is 4.79. The van der Waals surface area contributed by atoms with Crippen LogP contribution >= 0.6 is 12.2 Å². The molecule has 1 amide bonds. The van der Waals surface area contributed by atoms with Crippen molar-refractivity contribution in [2.45, 2.75) is 0 Å². The van der Waals surface area contributed by atoms with E-state index in [4.69, 9.17) is 4.18 Å². The topological polar surface area (TPSA) is 44.6 Å². The minimum absolute atomic E-state index is 0.119. The molecule has 2 heterocycles. The summed E-state index contributed by atoms with van der Waals surface area (Å²) in [5, 5.41) is 3.24. The van der Waals surface area contributed by atoms with Gasteiger partial charge in [-0.15, -0.1) is 0 Å². The van der Waals surface area contributed by atoms with Crippen LogP contribution in [0.2, 0.25) is 0 Å². The summed E-state index contributed by atoms with van der Waals surface area (Å²) in [5.41, 5.74) is 2.95. The van der Waals surface area contributed by atoms with Crippen molar-refractivity contribution in [2.75, 3.05) is 37.6 Å². The minimum Gasteiger partial charge on any atom is -0.336 e. The fourth-order valence-electron chi connectivity index (χ4n) is 2.16. The Kier molecular flexibility index (Phi) is 3.15. The molecule has 1 N–H and O–H groups in total. The van der Waals surface area contributed by atoms with Gasteiger partial charge in [0.15, 0.2) is 0 Å². The Balaban J connectivity index is 1.72. The molecule has 5 nitrogen and oxygen atoms in total. The first-order chi connectivity index (χ1) is 8.81. The number of benzene rings is 1. The number of fused-ring (bicyclic) bond motifs is 1. The average molecular weight is 265 g/mol. The molecular weight excluding hydrogens is 250 g/mol. The first-order valence-electron chi connectivity index (χ1n) is 5.96. The number of anilines is 2. The first-order valence-corrected chi connectivity index (χ1v) is 6.66. The maximum absolute atomic E-state index is 12.3. The van der Waals surface area contributed by atoms with Gasteiger partial charge in [-0.3, -0.25) is 13.3 Å². The molecule has 0 saturated carbocycles. The van der Waals surface area contributed by atoms with Crippen molar-refractivity contribution in [3.8, 4) is 0 Å². The Morgan fingerprint density at radius 2 is 2.11 bits per heavy atom. The molecule has 1 aromatic rings. The van der Waals surface area contributed by atoms with Crippen LogP contribution in [0.1, 0.15) is 10.4 Å². The second-order valence-electron chi connectivity index (χ2n) is 4.28. The molecule has 0 aromatic heterocycles. The molecular formula is C12H15N3O2S. The molecule has 0 aliphatic carbocycles. The second-order valence-corrected chi connectivity index (χ2v) is 5.13. The number of amides is 1. The van der Waals surface area contributed by atoms with Gasteiger partial charge in [0, 0.05) is 31.7 Å². The van der Waals surface area contributed by atoms with Gasteiger partial charge in [0.05, 0.1) is 18.5 Å². The number of rotatable bonds is 3. The number of hydrogen-bond acceptors (Lipinski definition) is 5. The highest BCUT2D eigenvalue weighted by Gasteiger charge is 2.32. The van der Waals surface area contributed by atoms with Crippen molar-refractivity contribution in [2.24, 2.45) is 0 Å². The summed E-state index contributed by atoms with van der Waals surface area (Å²) >= 11 is 1.28. The molecule has 96 valence electrons. The van der Waals surface area contributed by atoms with Gasteiger partial charge >= 0.3 is 0 Å². The van der Waals surface area contributed by atoms with Crippen LogP contribution < -0.4 is 9.62 Å². The molecule has 2 aliphatic rings. The third-order valence-electron chi connectivity index (χ3n) is 3.16. The summed E-state index contributed by atoms with van der Waals surface area (Å²) in [6.07, 6.45) is 0. The molecule has 18 heavy (non-hydrogen) atoms. The van der Waals surface area contributed by atoms with E-state index in [0.29, 0.717) is 0 Å². The highest BCUT2D eigenvalue weighted by molar-refractivity contribution is 7.97. The molecule has 2 aliphatic heterocycles. The van der Waals surface area contributed by atoms with E-state index in [2.05, 4.69) is 5.32 Å². The zero-order valence-corrected chi connectivity index (χ0v) is 11.0. The van der Waals surface area contributed by atoms with E-state index < -0.39 is 0 Å². The summed E-state index contributed by atoms with van der Waals surface area (Å²) in [6.45, 7) is 3.32. The molecule has 0 atom stereocenters. The SMILES string of the molecule is COSN1c2ccc(C(=O)N3CCNCC3)cc21. The number of nitrogens with one attached hydrogen (secondary N) is 1. The summed E-state index contributed by atoms with van der Waals surface area (Å²) in [6, 6.07) is 5.79. The molecule has 1 saturated heterocycles. The van der Waals surface area contributed by atoms with Crippen LogP contribution in [0.3, 0.4) is 0 Å². The minimum atomic E-state index is 0.119. The van der Waals surface area contributed by atoms with Crippen LogP contribution in [0.25, 0.3) is 0 Å². The van der Waals surface area contributed by atoms with Gasteiger partial charge in [0.25, 0.3) is 5.91 Å². The molecule has 0 spiro atoms. The van der Waals surface area contributed by atoms with Crippen LogP contribution in [-0.4, -0.2) is 44.1 Å². The van der Waals surface area contributed by atoms with Gasteiger partial charge in [-0.05, 0) is 18.2 Å². The zero-order valence-electron chi connectivity index (χ0n) is 10.2. The van der Waals surface area contributed by atoms with E-state index in [1.165, 1.54) is 12.2 Å². The number of carbonyl (C=O) groups is 1. The van der Waals surface area contributed by atoms with E-state index in [0.717, 1.165) is 43.1 Å². The standard InChI is InChI=1S/C12H15N3O2S/c1-17-18-15-10-3-2-9(8-11(10)15)12(16)14-6-4-13-5-7-14/h2-3,8,13H,4-7H2,1H3. The number of nitrogens with zero attached hydrogens (tertiary/aromatic N) is 2. The smallest absolute Gasteiger partial charge is 0.254 e. The summed E-state index contributed by atoms with van der Waals surface area (Å²) < 4.78 is 6.97. The van der Waals surface area contributed by atoms with Crippen LogP contribution in [0.4, 0.5) is 11.4 Å². The average Bonchev–Trinajstić information content (AvgIpc) is 3.12. The highest BCUT2D eigenvalue weighted by Crippen LogP contribution is 2.53. The third-order valence-corrected chi connectivity index (χ3v) is 3.85. The lowest BCUT2D eigenvalue weighted by atomic mass is 10.2. The van der Waals surface area contributed by atoms with Crippen molar-refractivity contribution >= 4 is 29.5 Å². The van der Waals surface area contributed by atoms with Gasteiger partial charge in [-0.1, -0.05) is 0 Å². The predicted octanol–water partition coefficient (Wildman–Crippen LogP) is 1.39. The Labute approximate surface area is 110 Å². The fraction of sp³-hybridized carbons (Fsp3) is 0.417.